The molecule has 0 saturated heterocycles. The van der Waals surface area contributed by atoms with E-state index in [0.29, 0.717) is 11.4 Å². The number of non-ortho nitro benzene ring substituents is 1. The number of nitro benzene ring substituents is 1. The Morgan fingerprint density at radius 1 is 1.17 bits per heavy atom. The van der Waals surface area contributed by atoms with E-state index in [-0.39, 0.29) is 28.6 Å². The van der Waals surface area contributed by atoms with E-state index in [2.05, 4.69) is 15.3 Å². The van der Waals surface area contributed by atoms with Gasteiger partial charge in [-0.2, -0.15) is 0 Å². The zero-order chi connectivity index (χ0) is 21.0. The van der Waals surface area contributed by atoms with Gasteiger partial charge in [0, 0.05) is 23.3 Å². The highest BCUT2D eigenvalue weighted by molar-refractivity contribution is 6.12. The second kappa shape index (κ2) is 8.13. The van der Waals surface area contributed by atoms with E-state index in [1.807, 2.05) is 0 Å². The summed E-state index contributed by atoms with van der Waals surface area (Å²) in [4.78, 5) is 30.8. The van der Waals surface area contributed by atoms with Gasteiger partial charge in [0.25, 0.3) is 11.6 Å². The molecule has 1 amide bonds. The number of anilines is 1. The fourth-order valence-electron chi connectivity index (χ4n) is 2.46. The van der Waals surface area contributed by atoms with Crippen LogP contribution in [0.3, 0.4) is 0 Å². The molecule has 3 aromatic rings. The minimum Gasteiger partial charge on any atom is -0.497 e. The highest BCUT2D eigenvalue weighted by atomic mass is 16.6. The Bertz CT molecular complexity index is 1080. The summed E-state index contributed by atoms with van der Waals surface area (Å²) in [6.07, 6.45) is 1.46. The first-order valence-electron chi connectivity index (χ1n) is 8.30. The maximum atomic E-state index is 12.3. The van der Waals surface area contributed by atoms with Crippen molar-refractivity contribution in [3.63, 3.8) is 0 Å². The van der Waals surface area contributed by atoms with Gasteiger partial charge in [-0.15, -0.1) is 0 Å². The number of nitrogens with zero attached hydrogens (tertiary/aromatic N) is 3. The number of amides is 1. The van der Waals surface area contributed by atoms with Crippen molar-refractivity contribution in [3.8, 4) is 17.0 Å². The molecule has 0 aliphatic heterocycles. The largest absolute Gasteiger partial charge is 0.497 e. The number of carbonyl (C=O) groups is 1. The predicted octanol–water partition coefficient (Wildman–Crippen LogP) is 2.40. The molecule has 10 nitrogen and oxygen atoms in total. The van der Waals surface area contributed by atoms with Crippen molar-refractivity contribution >= 4 is 23.2 Å². The van der Waals surface area contributed by atoms with Gasteiger partial charge in [0.2, 0.25) is 0 Å². The molecule has 0 unspecified atom stereocenters. The lowest BCUT2D eigenvalue weighted by Crippen LogP contribution is -2.32. The van der Waals surface area contributed by atoms with Crippen LogP contribution < -0.4 is 15.8 Å². The Labute approximate surface area is 165 Å². The van der Waals surface area contributed by atoms with Crippen molar-refractivity contribution < 1.29 is 14.5 Å². The summed E-state index contributed by atoms with van der Waals surface area (Å²) in [5.41, 5.74) is 7.03. The Morgan fingerprint density at radius 2 is 1.83 bits per heavy atom. The number of aromatic nitrogens is 2. The van der Waals surface area contributed by atoms with Crippen LogP contribution in [0, 0.1) is 15.5 Å². The highest BCUT2D eigenvalue weighted by Gasteiger charge is 2.16. The topological polar surface area (TPSA) is 157 Å². The molecule has 0 aliphatic carbocycles. The molecule has 29 heavy (non-hydrogen) atoms. The molecule has 1 heterocycles. The first-order valence-corrected chi connectivity index (χ1v) is 8.30. The van der Waals surface area contributed by atoms with Crippen molar-refractivity contribution in [1.29, 1.82) is 5.41 Å². The number of rotatable bonds is 5. The molecule has 10 heteroatoms. The quantitative estimate of drug-likeness (QED) is 0.260. The number of nitrogens with two attached hydrogens (primary N) is 1. The molecule has 1 aromatic heterocycles. The molecule has 0 fully saturated rings. The average molecular weight is 392 g/mol. The van der Waals surface area contributed by atoms with Crippen molar-refractivity contribution in [2.75, 3.05) is 12.8 Å². The van der Waals surface area contributed by atoms with Gasteiger partial charge in [0.15, 0.2) is 11.7 Å². The highest BCUT2D eigenvalue weighted by Crippen LogP contribution is 2.21. The van der Waals surface area contributed by atoms with Crippen molar-refractivity contribution in [1.82, 2.24) is 15.3 Å². The lowest BCUT2D eigenvalue weighted by atomic mass is 10.1. The number of nitro groups is 1. The number of nitrogen functional groups attached to an aromatic ring is 1. The minimum absolute atomic E-state index is 0.00794. The minimum atomic E-state index is -0.624. The summed E-state index contributed by atoms with van der Waals surface area (Å²) in [6, 6.07) is 12.1. The molecule has 3 rings (SSSR count). The van der Waals surface area contributed by atoms with Gasteiger partial charge in [0.05, 0.1) is 23.9 Å². The van der Waals surface area contributed by atoms with E-state index < -0.39 is 10.8 Å². The Hall–Kier alpha value is -4.34. The standard InChI is InChI=1S/C19H16N6O4/c1-29-14-8-4-11(5-9-14)15-10-22-17(20)16(23-15)18(21)24-19(26)12-2-6-13(7-3-12)25(27)28/h2-10H,1H3,(H2,20,22)(H2,21,24,26). The smallest absolute Gasteiger partial charge is 0.269 e. The summed E-state index contributed by atoms with van der Waals surface area (Å²) in [6.45, 7) is 0. The van der Waals surface area contributed by atoms with Crippen LogP contribution in [-0.2, 0) is 0 Å². The van der Waals surface area contributed by atoms with Crippen LogP contribution in [0.2, 0.25) is 0 Å². The number of amidine groups is 1. The average Bonchev–Trinajstić information content (AvgIpc) is 2.74. The predicted molar refractivity (Wildman–Crippen MR) is 106 cm³/mol. The first-order chi connectivity index (χ1) is 13.9. The second-order valence-corrected chi connectivity index (χ2v) is 5.85. The van der Waals surface area contributed by atoms with Gasteiger partial charge in [-0.25, -0.2) is 9.97 Å². The number of ether oxygens (including phenoxy) is 1. The molecule has 4 N–H and O–H groups in total. The fourth-order valence-corrected chi connectivity index (χ4v) is 2.46. The van der Waals surface area contributed by atoms with E-state index in [0.717, 1.165) is 5.56 Å². The Balaban J connectivity index is 1.80. The lowest BCUT2D eigenvalue weighted by molar-refractivity contribution is -0.384. The molecule has 0 saturated carbocycles. The van der Waals surface area contributed by atoms with E-state index in [1.54, 1.807) is 31.4 Å². The first kappa shape index (κ1) is 19.4. The molecule has 146 valence electrons. The fraction of sp³-hybridized carbons (Fsp3) is 0.0526. The molecule has 0 atom stereocenters. The maximum Gasteiger partial charge on any atom is 0.269 e. The number of hydrogen-bond donors (Lipinski definition) is 3. The Morgan fingerprint density at radius 3 is 2.41 bits per heavy atom. The van der Waals surface area contributed by atoms with Crippen LogP contribution in [0.4, 0.5) is 11.5 Å². The summed E-state index contributed by atoms with van der Waals surface area (Å²) in [5, 5.41) is 21.2. The van der Waals surface area contributed by atoms with E-state index in [1.165, 1.54) is 30.5 Å². The van der Waals surface area contributed by atoms with Crippen molar-refractivity contribution in [2.45, 2.75) is 0 Å². The third kappa shape index (κ3) is 4.33. The molecule has 0 aliphatic rings. The molecule has 0 spiro atoms. The lowest BCUT2D eigenvalue weighted by Gasteiger charge is -2.10. The van der Waals surface area contributed by atoms with E-state index in [4.69, 9.17) is 15.9 Å². The summed E-state index contributed by atoms with van der Waals surface area (Å²) in [5.74, 6) is -0.300. The normalized spacial score (nSPS) is 10.2. The van der Waals surface area contributed by atoms with Crippen LogP contribution >= 0.6 is 0 Å². The van der Waals surface area contributed by atoms with Gasteiger partial charge in [-0.3, -0.25) is 20.3 Å². The van der Waals surface area contributed by atoms with Crippen LogP contribution in [0.15, 0.2) is 54.7 Å². The summed E-state index contributed by atoms with van der Waals surface area (Å²) >= 11 is 0. The number of benzene rings is 2. The van der Waals surface area contributed by atoms with Crippen LogP contribution in [0.1, 0.15) is 16.1 Å². The van der Waals surface area contributed by atoms with Crippen molar-refractivity contribution in [3.05, 3.63) is 76.1 Å². The maximum absolute atomic E-state index is 12.3. The zero-order valence-electron chi connectivity index (χ0n) is 15.2. The molecule has 2 aromatic carbocycles. The van der Waals surface area contributed by atoms with Gasteiger partial charge in [0.1, 0.15) is 11.4 Å². The second-order valence-electron chi connectivity index (χ2n) is 5.85. The van der Waals surface area contributed by atoms with Gasteiger partial charge in [-0.05, 0) is 36.4 Å². The zero-order valence-corrected chi connectivity index (χ0v) is 15.2. The van der Waals surface area contributed by atoms with Gasteiger partial charge >= 0.3 is 0 Å². The van der Waals surface area contributed by atoms with E-state index in [9.17, 15) is 14.9 Å². The summed E-state index contributed by atoms with van der Waals surface area (Å²) < 4.78 is 5.12. The van der Waals surface area contributed by atoms with Crippen LogP contribution in [-0.4, -0.2) is 33.7 Å². The van der Waals surface area contributed by atoms with Crippen LogP contribution in [0.25, 0.3) is 11.3 Å². The molecular weight excluding hydrogens is 376 g/mol. The molecular formula is C19H16N6O4. The third-order valence-electron chi connectivity index (χ3n) is 4.00. The molecule has 0 radical (unpaired) electrons. The van der Waals surface area contributed by atoms with E-state index >= 15 is 0 Å². The van der Waals surface area contributed by atoms with Gasteiger partial charge < -0.3 is 15.8 Å². The number of nitrogens with one attached hydrogen (secondary N) is 2. The Kier molecular flexibility index (Phi) is 5.44. The SMILES string of the molecule is COc1ccc(-c2cnc(N)c(C(=N)NC(=O)c3ccc([N+](=O)[O-])cc3)n2)cc1. The summed E-state index contributed by atoms with van der Waals surface area (Å²) in [7, 11) is 1.56. The third-order valence-corrected chi connectivity index (χ3v) is 4.00. The van der Waals surface area contributed by atoms with Gasteiger partial charge in [-0.1, -0.05) is 0 Å². The number of carbonyl (C=O) groups excluding carboxylic acids is 1. The van der Waals surface area contributed by atoms with Crippen molar-refractivity contribution in [2.24, 2.45) is 0 Å². The van der Waals surface area contributed by atoms with Crippen LogP contribution in [0.5, 0.6) is 5.75 Å². The number of hydrogen-bond acceptors (Lipinski definition) is 8. The monoisotopic (exact) mass is 392 g/mol. The molecule has 0 bridgehead atoms. The number of methoxy groups -OCH3 is 1.